The van der Waals surface area contributed by atoms with Crippen molar-refractivity contribution in [2.75, 3.05) is 12.1 Å². The molecule has 1 aliphatic rings. The van der Waals surface area contributed by atoms with Crippen LogP contribution in [0.5, 0.6) is 17.2 Å². The Morgan fingerprint density at radius 3 is 2.85 bits per heavy atom. The quantitative estimate of drug-likeness (QED) is 0.318. The van der Waals surface area contributed by atoms with Crippen LogP contribution in [0.1, 0.15) is 26.5 Å². The number of amides is 1. The largest absolute Gasteiger partial charge is 0.489 e. The highest BCUT2D eigenvalue weighted by molar-refractivity contribution is 7.12. The van der Waals surface area contributed by atoms with E-state index in [9.17, 15) is 4.79 Å². The van der Waals surface area contributed by atoms with Gasteiger partial charge in [-0.3, -0.25) is 9.48 Å². The zero-order valence-electron chi connectivity index (χ0n) is 18.0. The molecule has 0 spiro atoms. The van der Waals surface area contributed by atoms with Crippen LogP contribution in [-0.2, 0) is 13.2 Å². The van der Waals surface area contributed by atoms with E-state index in [1.54, 1.807) is 22.9 Å². The fraction of sp³-hybridized carbons (Fsp3) is 0.167. The zero-order valence-corrected chi connectivity index (χ0v) is 20.3. The van der Waals surface area contributed by atoms with E-state index in [0.29, 0.717) is 51.1 Å². The summed E-state index contributed by atoms with van der Waals surface area (Å²) in [6.45, 7) is 2.94. The predicted octanol–water partition coefficient (Wildman–Crippen LogP) is 6.17. The number of nitrogens with zero attached hydrogens (tertiary/aromatic N) is 2. The van der Waals surface area contributed by atoms with E-state index in [1.807, 2.05) is 42.6 Å². The first-order valence-electron chi connectivity index (χ1n) is 10.3. The molecule has 0 fully saturated rings. The van der Waals surface area contributed by atoms with Crippen LogP contribution in [0.25, 0.3) is 0 Å². The van der Waals surface area contributed by atoms with Crippen molar-refractivity contribution in [1.29, 1.82) is 0 Å². The average Bonchev–Trinajstić information content (AvgIpc) is 3.54. The van der Waals surface area contributed by atoms with E-state index in [0.717, 1.165) is 16.8 Å². The fourth-order valence-corrected chi connectivity index (χ4v) is 4.68. The Bertz CT molecular complexity index is 1370. The van der Waals surface area contributed by atoms with Gasteiger partial charge in [-0.1, -0.05) is 29.3 Å². The molecular formula is C24H19Cl2N3O4S. The van der Waals surface area contributed by atoms with Crippen molar-refractivity contribution in [3.63, 3.8) is 0 Å². The standard InChI is InChI=1S/C24H19Cl2N3O4S/c1-14-6-23(28-29(14)10-16-2-3-17(25)8-19(16)26)27-24(30)22-7-15(12-34-22)11-31-18-4-5-20-21(9-18)33-13-32-20/h2-9,12H,10-11,13H2,1H3,(H,27,28,30). The predicted molar refractivity (Wildman–Crippen MR) is 132 cm³/mol. The molecule has 0 atom stereocenters. The number of hydrogen-bond acceptors (Lipinski definition) is 6. The first-order valence-corrected chi connectivity index (χ1v) is 12.0. The monoisotopic (exact) mass is 515 g/mol. The molecule has 10 heteroatoms. The van der Waals surface area contributed by atoms with E-state index in [-0.39, 0.29) is 12.7 Å². The van der Waals surface area contributed by atoms with Crippen molar-refractivity contribution in [3.05, 3.63) is 85.7 Å². The van der Waals surface area contributed by atoms with E-state index < -0.39 is 0 Å². The van der Waals surface area contributed by atoms with Gasteiger partial charge in [-0.2, -0.15) is 5.10 Å². The molecule has 174 valence electrons. The maximum Gasteiger partial charge on any atom is 0.266 e. The molecule has 34 heavy (non-hydrogen) atoms. The molecule has 0 aliphatic carbocycles. The SMILES string of the molecule is Cc1cc(NC(=O)c2cc(COc3ccc4c(c3)OCO4)cs2)nn1Cc1ccc(Cl)cc1Cl. The number of nitrogens with one attached hydrogen (secondary N) is 1. The number of thiophene rings is 1. The summed E-state index contributed by atoms with van der Waals surface area (Å²) in [6, 6.07) is 14.4. The highest BCUT2D eigenvalue weighted by Gasteiger charge is 2.16. The van der Waals surface area contributed by atoms with Crippen LogP contribution in [0.15, 0.2) is 53.9 Å². The van der Waals surface area contributed by atoms with Crippen molar-refractivity contribution in [2.24, 2.45) is 0 Å². The molecule has 0 unspecified atom stereocenters. The number of benzene rings is 2. The minimum atomic E-state index is -0.228. The lowest BCUT2D eigenvalue weighted by Gasteiger charge is -2.07. The number of fused-ring (bicyclic) bond motifs is 1. The van der Waals surface area contributed by atoms with Gasteiger partial charge in [0.25, 0.3) is 5.91 Å². The number of halogens is 2. The van der Waals surface area contributed by atoms with E-state index in [2.05, 4.69) is 10.4 Å². The lowest BCUT2D eigenvalue weighted by molar-refractivity contribution is 0.103. The Morgan fingerprint density at radius 2 is 2.00 bits per heavy atom. The summed E-state index contributed by atoms with van der Waals surface area (Å²) in [5.74, 6) is 2.28. The second kappa shape index (κ2) is 9.58. The first kappa shape index (κ1) is 22.6. The topological polar surface area (TPSA) is 74.6 Å². The number of aromatic nitrogens is 2. The first-order chi connectivity index (χ1) is 16.4. The van der Waals surface area contributed by atoms with Gasteiger partial charge in [0.15, 0.2) is 17.3 Å². The molecular weight excluding hydrogens is 497 g/mol. The van der Waals surface area contributed by atoms with E-state index >= 15 is 0 Å². The molecule has 4 aromatic rings. The molecule has 2 aromatic carbocycles. The smallest absolute Gasteiger partial charge is 0.266 e. The highest BCUT2D eigenvalue weighted by atomic mass is 35.5. The van der Waals surface area contributed by atoms with Crippen LogP contribution in [0.4, 0.5) is 5.82 Å². The number of ether oxygens (including phenoxy) is 3. The van der Waals surface area contributed by atoms with Crippen molar-refractivity contribution in [2.45, 2.75) is 20.1 Å². The Labute approximate surface area is 209 Å². The molecule has 2 aromatic heterocycles. The third-order valence-corrected chi connectivity index (χ3v) is 6.75. The number of rotatable bonds is 7. The number of aryl methyl sites for hydroxylation is 1. The molecule has 0 saturated carbocycles. The van der Waals surface area contributed by atoms with Crippen molar-refractivity contribution in [3.8, 4) is 17.2 Å². The number of hydrogen-bond donors (Lipinski definition) is 1. The summed E-state index contributed by atoms with van der Waals surface area (Å²) in [5, 5.41) is 10.4. The lowest BCUT2D eigenvalue weighted by Crippen LogP contribution is -2.11. The van der Waals surface area contributed by atoms with Crippen LogP contribution < -0.4 is 19.5 Å². The zero-order chi connectivity index (χ0) is 23.7. The molecule has 5 rings (SSSR count). The normalized spacial score (nSPS) is 12.1. The third-order valence-electron chi connectivity index (χ3n) is 5.19. The summed E-state index contributed by atoms with van der Waals surface area (Å²) >= 11 is 13.6. The van der Waals surface area contributed by atoms with Gasteiger partial charge in [0.1, 0.15) is 12.4 Å². The summed E-state index contributed by atoms with van der Waals surface area (Å²) in [6.07, 6.45) is 0. The lowest BCUT2D eigenvalue weighted by atomic mass is 10.2. The second-order valence-corrected chi connectivity index (χ2v) is 9.40. The van der Waals surface area contributed by atoms with Gasteiger partial charge in [0.2, 0.25) is 6.79 Å². The van der Waals surface area contributed by atoms with E-state index in [1.165, 1.54) is 11.3 Å². The van der Waals surface area contributed by atoms with Crippen molar-refractivity contribution in [1.82, 2.24) is 9.78 Å². The van der Waals surface area contributed by atoms with Crippen LogP contribution in [0, 0.1) is 6.92 Å². The molecule has 0 saturated heterocycles. The van der Waals surface area contributed by atoms with Crippen LogP contribution >= 0.6 is 34.5 Å². The number of carbonyl (C=O) groups excluding carboxylic acids is 1. The highest BCUT2D eigenvalue weighted by Crippen LogP contribution is 2.35. The molecule has 1 amide bonds. The van der Waals surface area contributed by atoms with Crippen LogP contribution in [0.3, 0.4) is 0 Å². The van der Waals surface area contributed by atoms with Crippen LogP contribution in [0.2, 0.25) is 10.0 Å². The minimum absolute atomic E-state index is 0.217. The molecule has 1 aliphatic heterocycles. The molecule has 0 bridgehead atoms. The molecule has 1 N–H and O–H groups in total. The maximum absolute atomic E-state index is 12.7. The average molecular weight is 516 g/mol. The maximum atomic E-state index is 12.7. The van der Waals surface area contributed by atoms with Gasteiger partial charge in [0, 0.05) is 33.4 Å². The Hall–Kier alpha value is -3.20. The number of anilines is 1. The van der Waals surface area contributed by atoms with Gasteiger partial charge in [-0.15, -0.1) is 11.3 Å². The minimum Gasteiger partial charge on any atom is -0.489 e. The Balaban J connectivity index is 1.20. The molecule has 7 nitrogen and oxygen atoms in total. The van der Waals surface area contributed by atoms with Crippen LogP contribution in [-0.4, -0.2) is 22.5 Å². The molecule has 0 radical (unpaired) electrons. The van der Waals surface area contributed by atoms with Gasteiger partial charge >= 0.3 is 0 Å². The van der Waals surface area contributed by atoms with E-state index in [4.69, 9.17) is 37.4 Å². The Morgan fingerprint density at radius 1 is 1.15 bits per heavy atom. The number of carbonyl (C=O) groups is 1. The van der Waals surface area contributed by atoms with Crippen molar-refractivity contribution >= 4 is 46.3 Å². The van der Waals surface area contributed by atoms with Gasteiger partial charge in [0.05, 0.1) is 11.4 Å². The second-order valence-electron chi connectivity index (χ2n) is 7.64. The summed E-state index contributed by atoms with van der Waals surface area (Å²) in [4.78, 5) is 13.3. The van der Waals surface area contributed by atoms with Gasteiger partial charge in [-0.05, 0) is 48.2 Å². The van der Waals surface area contributed by atoms with Gasteiger partial charge < -0.3 is 19.5 Å². The van der Waals surface area contributed by atoms with Gasteiger partial charge in [-0.25, -0.2) is 0 Å². The fourth-order valence-electron chi connectivity index (χ4n) is 3.42. The third kappa shape index (κ3) is 4.99. The summed E-state index contributed by atoms with van der Waals surface area (Å²) < 4.78 is 18.3. The van der Waals surface area contributed by atoms with Crippen molar-refractivity contribution < 1.29 is 19.0 Å². The Kier molecular flexibility index (Phi) is 6.36. The summed E-state index contributed by atoms with van der Waals surface area (Å²) in [5.41, 5.74) is 2.68. The summed E-state index contributed by atoms with van der Waals surface area (Å²) in [7, 11) is 0. The molecule has 3 heterocycles.